The Balaban J connectivity index is 3.02. The van der Waals surface area contributed by atoms with E-state index in [0.717, 1.165) is 5.56 Å². The van der Waals surface area contributed by atoms with E-state index in [4.69, 9.17) is 5.73 Å². The van der Waals surface area contributed by atoms with Crippen LogP contribution in [0, 0.1) is 3.57 Å². The van der Waals surface area contributed by atoms with Crippen molar-refractivity contribution in [3.63, 3.8) is 0 Å². The van der Waals surface area contributed by atoms with Crippen molar-refractivity contribution in [2.75, 3.05) is 0 Å². The van der Waals surface area contributed by atoms with Crippen molar-refractivity contribution in [3.8, 4) is 0 Å². The molecule has 0 saturated heterocycles. The minimum Gasteiger partial charge on any atom is -0.321 e. The Kier molecular flexibility index (Phi) is 3.08. The van der Waals surface area contributed by atoms with E-state index in [9.17, 15) is 0 Å². The Hall–Kier alpha value is -0.350. The van der Waals surface area contributed by atoms with Gasteiger partial charge in [-0.25, -0.2) is 0 Å². The van der Waals surface area contributed by atoms with Gasteiger partial charge in [0.15, 0.2) is 0 Å². The Morgan fingerprint density at radius 2 is 2.09 bits per heavy atom. The zero-order valence-electron chi connectivity index (χ0n) is 6.13. The lowest BCUT2D eigenvalue weighted by Crippen LogP contribution is -2.07. The molecule has 2 N–H and O–H groups in total. The van der Waals surface area contributed by atoms with Crippen LogP contribution >= 0.6 is 22.6 Å². The molecular formula is C9H10IN. The van der Waals surface area contributed by atoms with Gasteiger partial charge in [-0.2, -0.15) is 0 Å². The Morgan fingerprint density at radius 3 is 2.64 bits per heavy atom. The predicted molar refractivity (Wildman–Crippen MR) is 56.3 cm³/mol. The fourth-order valence-corrected chi connectivity index (χ4v) is 1.62. The largest absolute Gasteiger partial charge is 0.321 e. The fraction of sp³-hybridized carbons (Fsp3) is 0.111. The number of nitrogens with two attached hydrogens (primary N) is 1. The SMILES string of the molecule is C=C[C@H](N)c1ccccc1I. The maximum Gasteiger partial charge on any atom is 0.0489 e. The average Bonchev–Trinajstić information content (AvgIpc) is 2.04. The normalized spacial score (nSPS) is 12.5. The van der Waals surface area contributed by atoms with Crippen molar-refractivity contribution in [1.29, 1.82) is 0 Å². The molecule has 11 heavy (non-hydrogen) atoms. The highest BCUT2D eigenvalue weighted by molar-refractivity contribution is 14.1. The summed E-state index contributed by atoms with van der Waals surface area (Å²) in [6, 6.07) is 8.01. The minimum atomic E-state index is -0.0388. The standard InChI is InChI=1S/C9H10IN/c1-2-9(11)7-5-3-4-6-8(7)10/h2-6,9H,1,11H2/t9-/m0/s1. The van der Waals surface area contributed by atoms with Crippen LogP contribution in [0.1, 0.15) is 11.6 Å². The van der Waals surface area contributed by atoms with E-state index >= 15 is 0 Å². The lowest BCUT2D eigenvalue weighted by Gasteiger charge is -2.07. The molecule has 0 amide bonds. The third kappa shape index (κ3) is 2.04. The second-order valence-corrected chi connectivity index (χ2v) is 3.45. The van der Waals surface area contributed by atoms with E-state index in [0.29, 0.717) is 0 Å². The molecule has 0 bridgehead atoms. The molecule has 1 rings (SSSR count). The van der Waals surface area contributed by atoms with Gasteiger partial charge >= 0.3 is 0 Å². The molecule has 0 radical (unpaired) electrons. The molecule has 0 aliphatic rings. The maximum absolute atomic E-state index is 5.77. The van der Waals surface area contributed by atoms with Crippen molar-refractivity contribution in [2.24, 2.45) is 5.73 Å². The van der Waals surface area contributed by atoms with Gasteiger partial charge in [-0.15, -0.1) is 6.58 Å². The number of hydrogen-bond donors (Lipinski definition) is 1. The van der Waals surface area contributed by atoms with Gasteiger partial charge in [0, 0.05) is 9.61 Å². The van der Waals surface area contributed by atoms with Crippen molar-refractivity contribution < 1.29 is 0 Å². The monoisotopic (exact) mass is 259 g/mol. The molecule has 0 spiro atoms. The zero-order chi connectivity index (χ0) is 8.27. The highest BCUT2D eigenvalue weighted by atomic mass is 127. The Labute approximate surface area is 80.4 Å². The summed E-state index contributed by atoms with van der Waals surface area (Å²) in [5, 5.41) is 0. The summed E-state index contributed by atoms with van der Waals surface area (Å²) < 4.78 is 1.19. The smallest absolute Gasteiger partial charge is 0.0489 e. The predicted octanol–water partition coefficient (Wildman–Crippen LogP) is 2.48. The third-order valence-electron chi connectivity index (χ3n) is 1.52. The van der Waals surface area contributed by atoms with Crippen molar-refractivity contribution in [1.82, 2.24) is 0 Å². The second-order valence-electron chi connectivity index (χ2n) is 2.28. The average molecular weight is 259 g/mol. The molecule has 0 aromatic heterocycles. The van der Waals surface area contributed by atoms with Crippen molar-refractivity contribution in [3.05, 3.63) is 46.1 Å². The lowest BCUT2D eigenvalue weighted by molar-refractivity contribution is 0.907. The molecule has 1 aromatic rings. The molecule has 1 aromatic carbocycles. The molecule has 0 heterocycles. The summed E-state index contributed by atoms with van der Waals surface area (Å²) in [6.07, 6.45) is 1.75. The molecule has 0 aliphatic heterocycles. The second kappa shape index (κ2) is 3.88. The Bertz CT molecular complexity index is 257. The first-order valence-electron chi connectivity index (χ1n) is 3.38. The van der Waals surface area contributed by atoms with Gasteiger partial charge < -0.3 is 5.73 Å². The highest BCUT2D eigenvalue weighted by Gasteiger charge is 2.03. The van der Waals surface area contributed by atoms with Crippen LogP contribution in [0.25, 0.3) is 0 Å². The van der Waals surface area contributed by atoms with Crippen LogP contribution in [0.15, 0.2) is 36.9 Å². The van der Waals surface area contributed by atoms with Crippen LogP contribution in [-0.2, 0) is 0 Å². The van der Waals surface area contributed by atoms with Gasteiger partial charge in [-0.3, -0.25) is 0 Å². The lowest BCUT2D eigenvalue weighted by atomic mass is 10.1. The number of rotatable bonds is 2. The van der Waals surface area contributed by atoms with Gasteiger partial charge in [0.2, 0.25) is 0 Å². The summed E-state index contributed by atoms with van der Waals surface area (Å²) >= 11 is 2.27. The van der Waals surface area contributed by atoms with Gasteiger partial charge in [-0.1, -0.05) is 24.3 Å². The first-order chi connectivity index (χ1) is 5.25. The van der Waals surface area contributed by atoms with Gasteiger partial charge in [0.1, 0.15) is 0 Å². The molecule has 0 saturated carbocycles. The maximum atomic E-state index is 5.77. The number of benzene rings is 1. The van der Waals surface area contributed by atoms with E-state index in [1.165, 1.54) is 3.57 Å². The van der Waals surface area contributed by atoms with Crippen molar-refractivity contribution >= 4 is 22.6 Å². The molecule has 1 atom stereocenters. The number of hydrogen-bond acceptors (Lipinski definition) is 1. The third-order valence-corrected chi connectivity index (χ3v) is 2.50. The van der Waals surface area contributed by atoms with E-state index in [1.807, 2.05) is 24.3 Å². The van der Waals surface area contributed by atoms with Gasteiger partial charge in [0.25, 0.3) is 0 Å². The summed E-state index contributed by atoms with van der Waals surface area (Å²) in [5.41, 5.74) is 6.91. The minimum absolute atomic E-state index is 0.0388. The number of halogens is 1. The van der Waals surface area contributed by atoms with E-state index < -0.39 is 0 Å². The molecule has 0 unspecified atom stereocenters. The quantitative estimate of drug-likeness (QED) is 0.640. The fourth-order valence-electron chi connectivity index (χ4n) is 0.872. The topological polar surface area (TPSA) is 26.0 Å². The van der Waals surface area contributed by atoms with Crippen molar-refractivity contribution in [2.45, 2.75) is 6.04 Å². The van der Waals surface area contributed by atoms with Crippen LogP contribution in [0.5, 0.6) is 0 Å². The van der Waals surface area contributed by atoms with E-state index in [2.05, 4.69) is 29.2 Å². The Morgan fingerprint density at radius 1 is 1.45 bits per heavy atom. The molecule has 0 fully saturated rings. The van der Waals surface area contributed by atoms with Crippen LogP contribution in [0.3, 0.4) is 0 Å². The zero-order valence-corrected chi connectivity index (χ0v) is 8.28. The first-order valence-corrected chi connectivity index (χ1v) is 4.46. The van der Waals surface area contributed by atoms with Crippen LogP contribution < -0.4 is 5.73 Å². The summed E-state index contributed by atoms with van der Waals surface area (Å²) in [6.45, 7) is 3.65. The molecule has 58 valence electrons. The molecular weight excluding hydrogens is 249 g/mol. The van der Waals surface area contributed by atoms with Crippen LogP contribution in [-0.4, -0.2) is 0 Å². The molecule has 0 aliphatic carbocycles. The summed E-state index contributed by atoms with van der Waals surface area (Å²) in [5.74, 6) is 0. The first kappa shape index (κ1) is 8.74. The summed E-state index contributed by atoms with van der Waals surface area (Å²) in [7, 11) is 0. The molecule has 1 nitrogen and oxygen atoms in total. The van der Waals surface area contributed by atoms with Crippen LogP contribution in [0.2, 0.25) is 0 Å². The van der Waals surface area contributed by atoms with Gasteiger partial charge in [-0.05, 0) is 34.2 Å². The van der Waals surface area contributed by atoms with E-state index in [1.54, 1.807) is 6.08 Å². The summed E-state index contributed by atoms with van der Waals surface area (Å²) in [4.78, 5) is 0. The van der Waals surface area contributed by atoms with Crippen LogP contribution in [0.4, 0.5) is 0 Å². The highest BCUT2D eigenvalue weighted by Crippen LogP contribution is 2.17. The molecule has 2 heteroatoms. The van der Waals surface area contributed by atoms with Gasteiger partial charge in [0.05, 0.1) is 0 Å². The van der Waals surface area contributed by atoms with E-state index in [-0.39, 0.29) is 6.04 Å².